The van der Waals surface area contributed by atoms with E-state index in [4.69, 9.17) is 4.74 Å². The monoisotopic (exact) mass is 396 g/mol. The van der Waals surface area contributed by atoms with Crippen LogP contribution in [0, 0.1) is 0 Å². The zero-order valence-electron chi connectivity index (χ0n) is 20.0. The quantitative estimate of drug-likeness (QED) is 0.272. The van der Waals surface area contributed by atoms with Crippen molar-refractivity contribution < 1.29 is 4.74 Å². The fraction of sp³-hybridized carbons (Fsp3) is 1.00. The number of ether oxygens (including phenoxy) is 1. The van der Waals surface area contributed by atoms with Crippen LogP contribution in [0.4, 0.5) is 0 Å². The number of unbranched alkanes of at least 4 members (excludes halogenated alkanes) is 10. The Hall–Kier alpha value is -0.120. The second kappa shape index (κ2) is 14.8. The largest absolute Gasteiger partial charge is 0.381 e. The molecule has 3 heteroatoms. The van der Waals surface area contributed by atoms with Crippen molar-refractivity contribution in [2.75, 3.05) is 19.8 Å². The fourth-order valence-corrected chi connectivity index (χ4v) is 4.92. The van der Waals surface area contributed by atoms with E-state index >= 15 is 0 Å². The first-order valence-corrected chi connectivity index (χ1v) is 12.5. The van der Waals surface area contributed by atoms with Gasteiger partial charge in [-0.3, -0.25) is 0 Å². The molecule has 1 saturated heterocycles. The first-order chi connectivity index (χ1) is 13.3. The number of piperidine rings is 1. The maximum Gasteiger partial charge on any atom is 0.0478 e. The minimum absolute atomic E-state index is 0.227. The summed E-state index contributed by atoms with van der Waals surface area (Å²) in [6.45, 7) is 14.5. The van der Waals surface area contributed by atoms with Crippen LogP contribution in [0.15, 0.2) is 0 Å². The Bertz CT molecular complexity index is 352. The van der Waals surface area contributed by atoms with Crippen molar-refractivity contribution in [3.63, 3.8) is 0 Å². The van der Waals surface area contributed by atoms with Crippen molar-refractivity contribution in [1.29, 1.82) is 0 Å². The molecule has 0 aromatic rings. The smallest absolute Gasteiger partial charge is 0.0478 e. The number of hydrogen-bond donors (Lipinski definition) is 2. The molecule has 0 atom stereocenters. The number of hydrogen-bond acceptors (Lipinski definition) is 3. The Morgan fingerprint density at radius 1 is 0.714 bits per heavy atom. The summed E-state index contributed by atoms with van der Waals surface area (Å²) in [5.41, 5.74) is 0.454. The summed E-state index contributed by atoms with van der Waals surface area (Å²) in [5.74, 6) is 0. The molecular formula is C25H52N2O. The number of nitrogens with one attached hydrogen (secondary N) is 2. The molecule has 0 saturated carbocycles. The van der Waals surface area contributed by atoms with Gasteiger partial charge in [-0.05, 0) is 59.9 Å². The molecular weight excluding hydrogens is 344 g/mol. The highest BCUT2D eigenvalue weighted by molar-refractivity contribution is 4.99. The van der Waals surface area contributed by atoms with Crippen LogP contribution in [0.2, 0.25) is 0 Å². The maximum atomic E-state index is 5.84. The summed E-state index contributed by atoms with van der Waals surface area (Å²) in [6, 6.07) is 0.623. The average Bonchev–Trinajstić information content (AvgIpc) is 2.58. The third-order valence-corrected chi connectivity index (χ3v) is 5.98. The van der Waals surface area contributed by atoms with Gasteiger partial charge < -0.3 is 15.4 Å². The SMILES string of the molecule is CCCCCCCCCCCCCOCCCNC1CC(C)(C)NC(C)(C)C1. The van der Waals surface area contributed by atoms with Crippen molar-refractivity contribution in [2.24, 2.45) is 0 Å². The van der Waals surface area contributed by atoms with Gasteiger partial charge in [-0.25, -0.2) is 0 Å². The Kier molecular flexibility index (Phi) is 13.7. The van der Waals surface area contributed by atoms with Gasteiger partial charge in [0, 0.05) is 30.3 Å². The molecule has 0 aromatic carbocycles. The van der Waals surface area contributed by atoms with Crippen LogP contribution in [0.1, 0.15) is 125 Å². The van der Waals surface area contributed by atoms with Crippen molar-refractivity contribution in [2.45, 2.75) is 142 Å². The van der Waals surface area contributed by atoms with Gasteiger partial charge in [0.25, 0.3) is 0 Å². The molecule has 0 unspecified atom stereocenters. The second-order valence-electron chi connectivity index (χ2n) is 10.5. The lowest BCUT2D eigenvalue weighted by Gasteiger charge is -2.46. The van der Waals surface area contributed by atoms with Crippen LogP contribution in [0.3, 0.4) is 0 Å². The topological polar surface area (TPSA) is 33.3 Å². The highest BCUT2D eigenvalue weighted by atomic mass is 16.5. The van der Waals surface area contributed by atoms with Gasteiger partial charge in [0.05, 0.1) is 0 Å². The van der Waals surface area contributed by atoms with E-state index in [1.807, 2.05) is 0 Å². The van der Waals surface area contributed by atoms with Crippen molar-refractivity contribution in [3.05, 3.63) is 0 Å². The Balaban J connectivity index is 1.83. The molecule has 2 N–H and O–H groups in total. The summed E-state index contributed by atoms with van der Waals surface area (Å²) in [6.07, 6.45) is 18.9. The summed E-state index contributed by atoms with van der Waals surface area (Å²) < 4.78 is 5.84. The molecule has 28 heavy (non-hydrogen) atoms. The highest BCUT2D eigenvalue weighted by Crippen LogP contribution is 2.28. The zero-order valence-corrected chi connectivity index (χ0v) is 20.0. The maximum absolute atomic E-state index is 5.84. The molecule has 0 aromatic heterocycles. The normalized spacial score (nSPS) is 19.2. The molecule has 0 radical (unpaired) electrons. The highest BCUT2D eigenvalue weighted by Gasteiger charge is 2.37. The summed E-state index contributed by atoms with van der Waals surface area (Å²) >= 11 is 0. The second-order valence-corrected chi connectivity index (χ2v) is 10.5. The van der Waals surface area contributed by atoms with Gasteiger partial charge in [-0.1, -0.05) is 71.1 Å². The van der Waals surface area contributed by atoms with Crippen molar-refractivity contribution in [3.8, 4) is 0 Å². The van der Waals surface area contributed by atoms with E-state index < -0.39 is 0 Å². The van der Waals surface area contributed by atoms with E-state index in [1.165, 1.54) is 83.5 Å². The Morgan fingerprint density at radius 2 is 1.18 bits per heavy atom. The lowest BCUT2D eigenvalue weighted by Crippen LogP contribution is -2.61. The summed E-state index contributed by atoms with van der Waals surface area (Å²) in [5, 5.41) is 7.51. The minimum Gasteiger partial charge on any atom is -0.381 e. The van der Waals surface area contributed by atoms with Crippen molar-refractivity contribution in [1.82, 2.24) is 10.6 Å². The molecule has 168 valence electrons. The lowest BCUT2D eigenvalue weighted by atomic mass is 9.79. The van der Waals surface area contributed by atoms with Gasteiger partial charge in [-0.15, -0.1) is 0 Å². The predicted octanol–water partition coefficient (Wildman–Crippen LogP) is 6.60. The van der Waals surface area contributed by atoms with Gasteiger partial charge in [0.1, 0.15) is 0 Å². The van der Waals surface area contributed by atoms with Crippen LogP contribution in [-0.4, -0.2) is 36.9 Å². The molecule has 1 heterocycles. The van der Waals surface area contributed by atoms with Gasteiger partial charge in [0.2, 0.25) is 0 Å². The standard InChI is InChI=1S/C25H52N2O/c1-6-7-8-9-10-11-12-13-14-15-16-19-28-20-17-18-26-23-21-24(2,3)27-25(4,5)22-23/h23,26-27H,6-22H2,1-5H3. The Labute approximate surface area is 177 Å². The van der Waals surface area contributed by atoms with E-state index in [-0.39, 0.29) is 11.1 Å². The van der Waals surface area contributed by atoms with E-state index in [2.05, 4.69) is 45.3 Å². The third-order valence-electron chi connectivity index (χ3n) is 5.98. The van der Waals surface area contributed by atoms with Crippen LogP contribution < -0.4 is 10.6 Å². The number of rotatable bonds is 17. The van der Waals surface area contributed by atoms with E-state index in [1.54, 1.807) is 0 Å². The van der Waals surface area contributed by atoms with Gasteiger partial charge in [0.15, 0.2) is 0 Å². The molecule has 1 aliphatic rings. The van der Waals surface area contributed by atoms with Crippen molar-refractivity contribution >= 4 is 0 Å². The predicted molar refractivity (Wildman–Crippen MR) is 124 cm³/mol. The summed E-state index contributed by atoms with van der Waals surface area (Å²) in [4.78, 5) is 0. The summed E-state index contributed by atoms with van der Waals surface area (Å²) in [7, 11) is 0. The minimum atomic E-state index is 0.227. The molecule has 1 aliphatic heterocycles. The molecule has 0 aliphatic carbocycles. The van der Waals surface area contributed by atoms with E-state index in [0.29, 0.717) is 6.04 Å². The van der Waals surface area contributed by atoms with E-state index in [9.17, 15) is 0 Å². The molecule has 0 spiro atoms. The van der Waals surface area contributed by atoms with Crippen LogP contribution >= 0.6 is 0 Å². The first-order valence-electron chi connectivity index (χ1n) is 12.5. The average molecular weight is 397 g/mol. The molecule has 0 amide bonds. The molecule has 0 bridgehead atoms. The van der Waals surface area contributed by atoms with Gasteiger partial charge in [-0.2, -0.15) is 0 Å². The molecule has 1 fully saturated rings. The third kappa shape index (κ3) is 14.0. The molecule has 1 rings (SSSR count). The van der Waals surface area contributed by atoms with E-state index in [0.717, 1.165) is 26.2 Å². The van der Waals surface area contributed by atoms with Crippen LogP contribution in [0.5, 0.6) is 0 Å². The van der Waals surface area contributed by atoms with Crippen LogP contribution in [0.25, 0.3) is 0 Å². The van der Waals surface area contributed by atoms with Gasteiger partial charge >= 0.3 is 0 Å². The zero-order chi connectivity index (χ0) is 20.7. The fourth-order valence-electron chi connectivity index (χ4n) is 4.92. The Morgan fingerprint density at radius 3 is 1.71 bits per heavy atom. The first kappa shape index (κ1) is 25.9. The lowest BCUT2D eigenvalue weighted by molar-refractivity contribution is 0.120. The van der Waals surface area contributed by atoms with Crippen LogP contribution in [-0.2, 0) is 4.74 Å². The molecule has 3 nitrogen and oxygen atoms in total.